The van der Waals surface area contributed by atoms with Crippen LogP contribution in [0.4, 0.5) is 0 Å². The van der Waals surface area contributed by atoms with Crippen molar-refractivity contribution in [2.24, 2.45) is 11.8 Å². The summed E-state index contributed by atoms with van der Waals surface area (Å²) in [7, 11) is -3.46. The number of nitrogens with one attached hydrogen (secondary N) is 1. The van der Waals surface area contributed by atoms with Gasteiger partial charge in [0.1, 0.15) is 11.5 Å². The molecule has 0 unspecified atom stereocenters. The van der Waals surface area contributed by atoms with E-state index in [2.05, 4.69) is 4.72 Å². The highest BCUT2D eigenvalue weighted by Gasteiger charge is 2.41. The first-order valence-electron chi connectivity index (χ1n) is 8.45. The van der Waals surface area contributed by atoms with E-state index in [1.54, 1.807) is 24.3 Å². The molecule has 0 aliphatic heterocycles. The van der Waals surface area contributed by atoms with Gasteiger partial charge in [-0.2, -0.15) is 0 Å². The molecule has 4 rings (SSSR count). The van der Waals surface area contributed by atoms with Crippen molar-refractivity contribution in [3.05, 3.63) is 54.6 Å². The lowest BCUT2D eigenvalue weighted by Gasteiger charge is -2.22. The second-order valence-electron chi connectivity index (χ2n) is 6.79. The molecule has 2 aromatic carbocycles. The molecule has 3 atom stereocenters. The SMILES string of the molecule is O=S(=O)(N[C@H]1C[C@H]2CC[C@@H]1C2)c1ccc(Oc2ccccc2)cc1. The molecule has 2 aliphatic carbocycles. The van der Waals surface area contributed by atoms with E-state index in [4.69, 9.17) is 4.74 Å². The Morgan fingerprint density at radius 1 is 0.875 bits per heavy atom. The predicted octanol–water partition coefficient (Wildman–Crippen LogP) is 3.95. The van der Waals surface area contributed by atoms with Gasteiger partial charge in [-0.25, -0.2) is 13.1 Å². The van der Waals surface area contributed by atoms with Crippen LogP contribution < -0.4 is 9.46 Å². The fourth-order valence-corrected chi connectivity index (χ4v) is 5.29. The van der Waals surface area contributed by atoms with Crippen molar-refractivity contribution in [1.82, 2.24) is 4.72 Å². The first-order chi connectivity index (χ1) is 11.6. The first kappa shape index (κ1) is 15.7. The van der Waals surface area contributed by atoms with Gasteiger partial charge in [-0.3, -0.25) is 0 Å². The minimum atomic E-state index is -3.46. The average molecular weight is 343 g/mol. The molecule has 2 saturated carbocycles. The number of hydrogen-bond donors (Lipinski definition) is 1. The maximum absolute atomic E-state index is 12.6. The molecule has 2 aliphatic rings. The fraction of sp³-hybridized carbons (Fsp3) is 0.368. The van der Waals surface area contributed by atoms with Crippen LogP contribution in [0.1, 0.15) is 25.7 Å². The topological polar surface area (TPSA) is 55.4 Å². The van der Waals surface area contributed by atoms with Crippen LogP contribution in [0.5, 0.6) is 11.5 Å². The number of benzene rings is 2. The van der Waals surface area contributed by atoms with Crippen molar-refractivity contribution in [1.29, 1.82) is 0 Å². The largest absolute Gasteiger partial charge is 0.457 e. The van der Waals surface area contributed by atoms with E-state index in [1.807, 2.05) is 30.3 Å². The van der Waals surface area contributed by atoms with Crippen LogP contribution in [0.2, 0.25) is 0 Å². The zero-order chi connectivity index (χ0) is 16.6. The lowest BCUT2D eigenvalue weighted by atomic mass is 9.96. The minimum Gasteiger partial charge on any atom is -0.457 e. The molecule has 0 spiro atoms. The van der Waals surface area contributed by atoms with E-state index in [-0.39, 0.29) is 6.04 Å². The maximum atomic E-state index is 12.6. The van der Waals surface area contributed by atoms with E-state index >= 15 is 0 Å². The lowest BCUT2D eigenvalue weighted by Crippen LogP contribution is -2.38. The van der Waals surface area contributed by atoms with E-state index in [1.165, 1.54) is 12.8 Å². The molecule has 24 heavy (non-hydrogen) atoms. The van der Waals surface area contributed by atoms with Crippen LogP contribution in [0, 0.1) is 11.8 Å². The van der Waals surface area contributed by atoms with E-state index in [0.717, 1.165) is 18.6 Å². The van der Waals surface area contributed by atoms with Crippen molar-refractivity contribution in [3.63, 3.8) is 0 Å². The summed E-state index contributed by atoms with van der Waals surface area (Å²) in [5.74, 6) is 2.59. The van der Waals surface area contributed by atoms with E-state index in [0.29, 0.717) is 22.5 Å². The van der Waals surface area contributed by atoms with Gasteiger partial charge in [0.2, 0.25) is 10.0 Å². The number of para-hydroxylation sites is 1. The standard InChI is InChI=1S/C19H21NO3S/c21-24(22,20-19-13-14-6-7-15(19)12-14)18-10-8-17(9-11-18)23-16-4-2-1-3-5-16/h1-5,8-11,14-15,19-20H,6-7,12-13H2/t14-,15+,19-/m0/s1. The summed E-state index contributed by atoms with van der Waals surface area (Å²) in [5.41, 5.74) is 0. The fourth-order valence-electron chi connectivity index (χ4n) is 3.97. The zero-order valence-electron chi connectivity index (χ0n) is 13.4. The summed E-state index contributed by atoms with van der Waals surface area (Å²) < 4.78 is 33.8. The minimum absolute atomic E-state index is 0.106. The molecule has 1 N–H and O–H groups in total. The van der Waals surface area contributed by atoms with Crippen LogP contribution in [0.3, 0.4) is 0 Å². The summed E-state index contributed by atoms with van der Waals surface area (Å²) in [6, 6.07) is 16.1. The molecule has 126 valence electrons. The van der Waals surface area contributed by atoms with Crippen LogP contribution in [-0.2, 0) is 10.0 Å². The van der Waals surface area contributed by atoms with Crippen molar-refractivity contribution in [2.45, 2.75) is 36.6 Å². The Kier molecular flexibility index (Phi) is 4.06. The number of rotatable bonds is 5. The lowest BCUT2D eigenvalue weighted by molar-refractivity contribution is 0.390. The number of sulfonamides is 1. The Bertz CT molecular complexity index is 802. The van der Waals surface area contributed by atoms with Crippen LogP contribution in [0.25, 0.3) is 0 Å². The van der Waals surface area contributed by atoms with Gasteiger partial charge >= 0.3 is 0 Å². The normalized spacial score (nSPS) is 25.8. The first-order valence-corrected chi connectivity index (χ1v) is 9.94. The molecule has 2 bridgehead atoms. The molecular weight excluding hydrogens is 322 g/mol. The van der Waals surface area contributed by atoms with Crippen molar-refractivity contribution < 1.29 is 13.2 Å². The Morgan fingerprint density at radius 2 is 1.58 bits per heavy atom. The molecule has 0 saturated heterocycles. The second kappa shape index (κ2) is 6.22. The summed E-state index contributed by atoms with van der Waals surface area (Å²) in [4.78, 5) is 0.297. The summed E-state index contributed by atoms with van der Waals surface area (Å²) >= 11 is 0. The number of hydrogen-bond acceptors (Lipinski definition) is 3. The number of fused-ring (bicyclic) bond motifs is 2. The average Bonchev–Trinajstić information content (AvgIpc) is 3.19. The molecule has 0 radical (unpaired) electrons. The van der Waals surface area contributed by atoms with Crippen LogP contribution >= 0.6 is 0 Å². The molecule has 5 heteroatoms. The smallest absolute Gasteiger partial charge is 0.240 e. The van der Waals surface area contributed by atoms with Crippen LogP contribution in [0.15, 0.2) is 59.5 Å². The third-order valence-corrected chi connectivity index (χ3v) is 6.66. The molecule has 4 nitrogen and oxygen atoms in total. The van der Waals surface area contributed by atoms with Crippen molar-refractivity contribution in [3.8, 4) is 11.5 Å². The van der Waals surface area contributed by atoms with Crippen molar-refractivity contribution in [2.75, 3.05) is 0 Å². The Morgan fingerprint density at radius 3 is 2.21 bits per heavy atom. The van der Waals surface area contributed by atoms with Gasteiger partial charge in [0.05, 0.1) is 4.90 Å². The summed E-state index contributed by atoms with van der Waals surface area (Å²) in [6.45, 7) is 0. The molecule has 2 fully saturated rings. The maximum Gasteiger partial charge on any atom is 0.240 e. The van der Waals surface area contributed by atoms with Crippen LogP contribution in [-0.4, -0.2) is 14.5 Å². The van der Waals surface area contributed by atoms with Gasteiger partial charge in [-0.15, -0.1) is 0 Å². The van der Waals surface area contributed by atoms with Gasteiger partial charge < -0.3 is 4.74 Å². The third kappa shape index (κ3) is 3.19. The van der Waals surface area contributed by atoms with E-state index in [9.17, 15) is 8.42 Å². The Labute approximate surface area is 142 Å². The summed E-state index contributed by atoms with van der Waals surface area (Å²) in [5, 5.41) is 0. The molecular formula is C19H21NO3S. The second-order valence-corrected chi connectivity index (χ2v) is 8.50. The highest BCUT2D eigenvalue weighted by molar-refractivity contribution is 7.89. The third-order valence-electron chi connectivity index (χ3n) is 5.16. The molecule has 0 aromatic heterocycles. The highest BCUT2D eigenvalue weighted by Crippen LogP contribution is 2.44. The highest BCUT2D eigenvalue weighted by atomic mass is 32.2. The van der Waals surface area contributed by atoms with E-state index < -0.39 is 10.0 Å². The molecule has 0 amide bonds. The van der Waals surface area contributed by atoms with Gasteiger partial charge in [-0.1, -0.05) is 24.6 Å². The molecule has 0 heterocycles. The predicted molar refractivity (Wildman–Crippen MR) is 92.5 cm³/mol. The quantitative estimate of drug-likeness (QED) is 0.894. The van der Waals surface area contributed by atoms with Gasteiger partial charge in [0.25, 0.3) is 0 Å². The number of ether oxygens (including phenoxy) is 1. The zero-order valence-corrected chi connectivity index (χ0v) is 14.2. The van der Waals surface area contributed by atoms with Crippen molar-refractivity contribution >= 4 is 10.0 Å². The Balaban J connectivity index is 1.45. The van der Waals surface area contributed by atoms with Gasteiger partial charge in [0, 0.05) is 6.04 Å². The molecule has 2 aromatic rings. The Hall–Kier alpha value is -1.85. The summed E-state index contributed by atoms with van der Waals surface area (Å²) in [6.07, 6.45) is 4.58. The van der Waals surface area contributed by atoms with Gasteiger partial charge in [0.15, 0.2) is 0 Å². The monoisotopic (exact) mass is 343 g/mol. The van der Waals surface area contributed by atoms with Gasteiger partial charge in [-0.05, 0) is 67.5 Å².